The quantitative estimate of drug-likeness (QED) is 0.137. The molecular weight excluding hydrogens is 937 g/mol. The zero-order chi connectivity index (χ0) is 55.0. The van der Waals surface area contributed by atoms with E-state index in [0.29, 0.717) is 6.67 Å². The van der Waals surface area contributed by atoms with E-state index in [0.717, 1.165) is 50.6 Å². The summed E-state index contributed by atoms with van der Waals surface area (Å²) in [5.41, 5.74) is 16.1. The van der Waals surface area contributed by atoms with Crippen LogP contribution in [0, 0.1) is 10.8 Å². The Labute approximate surface area is 460 Å². The SMILES string of the molecule is CC(C)(C)C1=C(C(C)(C)C)N(c2cc(C(C)(C)C)cc(C(C)(C)C)c2)CN1c1cc(Oc2ccc3c4cc(C(C)(C)c5ccccc5)ccc4n(-c4cc(C(C)(C)c5ccccc5)ccn4)c3c2)cc(-c2ccccc2)c1. The van der Waals surface area contributed by atoms with Crippen molar-refractivity contribution in [1.82, 2.24) is 9.55 Å². The number of benzene rings is 7. The van der Waals surface area contributed by atoms with Crippen molar-refractivity contribution >= 4 is 33.2 Å². The van der Waals surface area contributed by atoms with Gasteiger partial charge in [-0.25, -0.2) is 4.98 Å². The Kier molecular flexibility index (Phi) is 13.3. The van der Waals surface area contributed by atoms with Crippen LogP contribution in [0.2, 0.25) is 0 Å². The second-order valence-corrected chi connectivity index (χ2v) is 26.8. The molecule has 0 spiro atoms. The number of rotatable bonds is 10. The maximum absolute atomic E-state index is 7.25. The lowest BCUT2D eigenvalue weighted by atomic mass is 9.78. The molecule has 0 aliphatic carbocycles. The molecule has 0 unspecified atom stereocenters. The topological polar surface area (TPSA) is 33.5 Å². The Morgan fingerprint density at radius 2 is 0.883 bits per heavy atom. The fourth-order valence-corrected chi connectivity index (χ4v) is 11.5. The van der Waals surface area contributed by atoms with Gasteiger partial charge in [0.05, 0.1) is 17.7 Å². The first-order valence-corrected chi connectivity index (χ1v) is 27.7. The molecule has 0 atom stereocenters. The van der Waals surface area contributed by atoms with Crippen molar-refractivity contribution in [2.45, 2.75) is 132 Å². The van der Waals surface area contributed by atoms with E-state index >= 15 is 0 Å². The average molecular weight is 1020 g/mol. The standard InChI is InChI=1S/C72H80N4O/c1-67(2,3)54-40-55(68(4,5)6)42-57(41-54)75-47-74(65(69(7,8)9)66(75)70(10,11)12)56-38-49(48-26-20-17-21-27-48)39-59(45-56)77-58-33-34-60-61-43-52(71(13,14)50-28-22-18-23-29-50)32-35-62(61)76(63(60)46-58)64-44-53(36-37-73-64)72(15,16)51-30-24-19-25-31-51/h17-46H,47H2,1-16H3. The van der Waals surface area contributed by atoms with Crippen LogP contribution in [-0.2, 0) is 21.7 Å². The highest BCUT2D eigenvalue weighted by molar-refractivity contribution is 6.10. The van der Waals surface area contributed by atoms with E-state index in [1.807, 2.05) is 6.20 Å². The summed E-state index contributed by atoms with van der Waals surface area (Å²) in [6.45, 7) is 38.1. The van der Waals surface area contributed by atoms with Crippen molar-refractivity contribution in [3.8, 4) is 28.4 Å². The summed E-state index contributed by atoms with van der Waals surface area (Å²) < 4.78 is 9.58. The van der Waals surface area contributed by atoms with Crippen LogP contribution in [0.15, 0.2) is 194 Å². The zero-order valence-electron chi connectivity index (χ0n) is 48.7. The second-order valence-electron chi connectivity index (χ2n) is 26.8. The van der Waals surface area contributed by atoms with Crippen LogP contribution >= 0.6 is 0 Å². The molecule has 5 heteroatoms. The third-order valence-electron chi connectivity index (χ3n) is 16.1. The first-order valence-electron chi connectivity index (χ1n) is 27.7. The van der Waals surface area contributed by atoms with Gasteiger partial charge in [0.1, 0.15) is 17.3 Å². The van der Waals surface area contributed by atoms with Gasteiger partial charge in [-0.2, -0.15) is 0 Å². The summed E-state index contributed by atoms with van der Waals surface area (Å²) in [5.74, 6) is 2.39. The van der Waals surface area contributed by atoms with Gasteiger partial charge < -0.3 is 14.5 Å². The molecule has 0 fully saturated rings. The Balaban J connectivity index is 1.14. The van der Waals surface area contributed by atoms with E-state index in [4.69, 9.17) is 9.72 Å². The summed E-state index contributed by atoms with van der Waals surface area (Å²) in [5, 5.41) is 2.32. The minimum Gasteiger partial charge on any atom is -0.457 e. The number of ether oxygens (including phenoxy) is 1. The molecule has 3 heterocycles. The largest absolute Gasteiger partial charge is 0.457 e. The van der Waals surface area contributed by atoms with E-state index in [1.54, 1.807) is 0 Å². The van der Waals surface area contributed by atoms with Crippen molar-refractivity contribution in [3.05, 3.63) is 227 Å². The molecule has 77 heavy (non-hydrogen) atoms. The van der Waals surface area contributed by atoms with Crippen molar-refractivity contribution < 1.29 is 4.74 Å². The molecule has 0 N–H and O–H groups in total. The first kappa shape index (κ1) is 53.0. The van der Waals surface area contributed by atoms with Crippen molar-refractivity contribution in [3.63, 3.8) is 0 Å². The Morgan fingerprint density at radius 3 is 1.42 bits per heavy atom. The molecular formula is C72H80N4O. The summed E-state index contributed by atoms with van der Waals surface area (Å²) in [4.78, 5) is 10.3. The van der Waals surface area contributed by atoms with Crippen LogP contribution in [0.3, 0.4) is 0 Å². The van der Waals surface area contributed by atoms with Crippen LogP contribution in [0.1, 0.15) is 144 Å². The molecule has 0 amide bonds. The molecule has 0 saturated carbocycles. The average Bonchev–Trinajstić information content (AvgIpc) is 4.16. The van der Waals surface area contributed by atoms with E-state index in [9.17, 15) is 0 Å². The van der Waals surface area contributed by atoms with Crippen LogP contribution in [0.25, 0.3) is 38.8 Å². The first-order chi connectivity index (χ1) is 36.2. The van der Waals surface area contributed by atoms with E-state index < -0.39 is 0 Å². The number of allylic oxidation sites excluding steroid dienone is 2. The molecule has 7 aromatic carbocycles. The molecule has 394 valence electrons. The number of fused-ring (bicyclic) bond motifs is 3. The van der Waals surface area contributed by atoms with Crippen LogP contribution in [0.5, 0.6) is 11.5 Å². The van der Waals surface area contributed by atoms with Crippen molar-refractivity contribution in [2.75, 3.05) is 16.5 Å². The third kappa shape index (κ3) is 10.2. The molecule has 0 radical (unpaired) electrons. The molecule has 2 aromatic heterocycles. The van der Waals surface area contributed by atoms with Crippen molar-refractivity contribution in [2.24, 2.45) is 10.8 Å². The Bertz CT molecular complexity index is 3630. The second kappa shape index (κ2) is 19.3. The molecule has 0 bridgehead atoms. The van der Waals surface area contributed by atoms with Crippen molar-refractivity contribution in [1.29, 1.82) is 0 Å². The van der Waals surface area contributed by atoms with Crippen LogP contribution in [-0.4, -0.2) is 16.2 Å². The molecule has 5 nitrogen and oxygen atoms in total. The Morgan fingerprint density at radius 1 is 0.364 bits per heavy atom. The summed E-state index contributed by atoms with van der Waals surface area (Å²) in [6.07, 6.45) is 1.96. The van der Waals surface area contributed by atoms with E-state index in [-0.39, 0.29) is 32.5 Å². The maximum Gasteiger partial charge on any atom is 0.137 e. The normalized spacial score (nSPS) is 14.1. The van der Waals surface area contributed by atoms with E-state index in [2.05, 4.69) is 301 Å². The van der Waals surface area contributed by atoms with Gasteiger partial charge in [-0.15, -0.1) is 0 Å². The van der Waals surface area contributed by atoms with Crippen LogP contribution < -0.4 is 14.5 Å². The van der Waals surface area contributed by atoms with Gasteiger partial charge in [-0.05, 0) is 116 Å². The lowest BCUT2D eigenvalue weighted by Crippen LogP contribution is -2.32. The number of hydrogen-bond donors (Lipinski definition) is 0. The molecule has 1 aliphatic rings. The molecule has 10 rings (SSSR count). The third-order valence-corrected chi connectivity index (χ3v) is 16.1. The smallest absolute Gasteiger partial charge is 0.137 e. The lowest BCUT2D eigenvalue weighted by molar-refractivity contribution is 0.444. The van der Waals surface area contributed by atoms with Gasteiger partial charge in [-0.1, -0.05) is 214 Å². The molecule has 1 aliphatic heterocycles. The van der Waals surface area contributed by atoms with Gasteiger partial charge in [0.2, 0.25) is 0 Å². The minimum atomic E-state index is -0.256. The lowest BCUT2D eigenvalue weighted by Gasteiger charge is -2.35. The fraction of sp³-hybridized carbons (Fsp3) is 0.319. The van der Waals surface area contributed by atoms with Gasteiger partial charge in [0.25, 0.3) is 0 Å². The van der Waals surface area contributed by atoms with Gasteiger partial charge in [0.15, 0.2) is 0 Å². The number of nitrogens with zero attached hydrogens (tertiary/aromatic N) is 4. The van der Waals surface area contributed by atoms with Crippen LogP contribution in [0.4, 0.5) is 11.4 Å². The number of hydrogen-bond acceptors (Lipinski definition) is 4. The summed E-state index contributed by atoms with van der Waals surface area (Å²) >= 11 is 0. The van der Waals surface area contributed by atoms with E-state index in [1.165, 1.54) is 55.8 Å². The van der Waals surface area contributed by atoms with Gasteiger partial charge in [-0.3, -0.25) is 4.57 Å². The summed E-state index contributed by atoms with van der Waals surface area (Å²) in [7, 11) is 0. The number of anilines is 2. The highest BCUT2D eigenvalue weighted by Crippen LogP contribution is 2.50. The summed E-state index contributed by atoms with van der Waals surface area (Å²) in [6, 6.07) is 64.5. The molecule has 0 saturated heterocycles. The predicted octanol–water partition coefficient (Wildman–Crippen LogP) is 19.5. The van der Waals surface area contributed by atoms with Gasteiger partial charge >= 0.3 is 0 Å². The zero-order valence-corrected chi connectivity index (χ0v) is 48.7. The fourth-order valence-electron chi connectivity index (χ4n) is 11.5. The van der Waals surface area contributed by atoms with Gasteiger partial charge in [0, 0.05) is 73.5 Å². The monoisotopic (exact) mass is 1020 g/mol. The Hall–Kier alpha value is -7.37. The minimum absolute atomic E-state index is 0.0242. The highest BCUT2D eigenvalue weighted by Gasteiger charge is 2.42. The highest BCUT2D eigenvalue weighted by atomic mass is 16.5. The number of aromatic nitrogens is 2. The number of pyridine rings is 1. The predicted molar refractivity (Wildman–Crippen MR) is 327 cm³/mol. The maximum atomic E-state index is 7.25. The molecule has 9 aromatic rings.